The molecule has 0 amide bonds. The van der Waals surface area contributed by atoms with Gasteiger partial charge in [-0.25, -0.2) is 8.42 Å². The van der Waals surface area contributed by atoms with E-state index in [9.17, 15) is 8.42 Å². The summed E-state index contributed by atoms with van der Waals surface area (Å²) in [6.07, 6.45) is 3.87. The van der Waals surface area contributed by atoms with Crippen LogP contribution in [0.25, 0.3) is 0 Å². The number of anilines is 2. The van der Waals surface area contributed by atoms with Crippen molar-refractivity contribution in [1.82, 2.24) is 20.2 Å². The molecule has 1 unspecified atom stereocenters. The summed E-state index contributed by atoms with van der Waals surface area (Å²) in [4.78, 5) is 10.5. The van der Waals surface area contributed by atoms with Crippen molar-refractivity contribution in [2.24, 2.45) is 0 Å². The fourth-order valence-electron chi connectivity index (χ4n) is 2.48. The molecule has 8 nitrogen and oxygen atoms in total. The van der Waals surface area contributed by atoms with E-state index in [1.165, 1.54) is 6.20 Å². The van der Waals surface area contributed by atoms with Crippen LogP contribution < -0.4 is 10.2 Å². The Morgan fingerprint density at radius 1 is 1.39 bits per heavy atom. The number of rotatable bonds is 5. The highest BCUT2D eigenvalue weighted by molar-refractivity contribution is 7.91. The van der Waals surface area contributed by atoms with Crippen LogP contribution in [0.2, 0.25) is 0 Å². The number of nitrogens with zero attached hydrogens (tertiary/aromatic N) is 5. The van der Waals surface area contributed by atoms with E-state index in [2.05, 4.69) is 25.5 Å². The molecule has 0 aliphatic carbocycles. The van der Waals surface area contributed by atoms with Crippen molar-refractivity contribution in [3.63, 3.8) is 0 Å². The molecule has 2 aromatic heterocycles. The monoisotopic (exact) mass is 334 g/mol. The van der Waals surface area contributed by atoms with Crippen molar-refractivity contribution >= 4 is 21.6 Å². The van der Waals surface area contributed by atoms with Crippen LogP contribution in [0.1, 0.15) is 12.1 Å². The molecule has 1 aliphatic rings. The minimum Gasteiger partial charge on any atom is -0.354 e. The molecule has 122 valence electrons. The second-order valence-electron chi connectivity index (χ2n) is 5.48. The van der Waals surface area contributed by atoms with E-state index in [0.717, 1.165) is 5.69 Å². The van der Waals surface area contributed by atoms with Crippen LogP contribution in [0.5, 0.6) is 0 Å². The Hall–Kier alpha value is -2.29. The quantitative estimate of drug-likeness (QED) is 0.844. The van der Waals surface area contributed by atoms with Crippen LogP contribution in [0, 0.1) is 0 Å². The van der Waals surface area contributed by atoms with Gasteiger partial charge in [-0.15, -0.1) is 5.10 Å². The first-order valence-electron chi connectivity index (χ1n) is 7.30. The fourth-order valence-corrected chi connectivity index (χ4v) is 4.25. The van der Waals surface area contributed by atoms with E-state index in [0.29, 0.717) is 24.7 Å². The largest absolute Gasteiger partial charge is 0.354 e. The first kappa shape index (κ1) is 15.6. The van der Waals surface area contributed by atoms with E-state index < -0.39 is 9.84 Å². The summed E-state index contributed by atoms with van der Waals surface area (Å²) in [7, 11) is -1.10. The molecule has 1 aliphatic heterocycles. The van der Waals surface area contributed by atoms with Crippen molar-refractivity contribution < 1.29 is 8.42 Å². The average Bonchev–Trinajstić information content (AvgIpc) is 2.93. The van der Waals surface area contributed by atoms with Gasteiger partial charge in [0.15, 0.2) is 15.7 Å². The van der Waals surface area contributed by atoms with Crippen LogP contribution >= 0.6 is 0 Å². The van der Waals surface area contributed by atoms with Gasteiger partial charge in [0.25, 0.3) is 0 Å². The maximum Gasteiger partial charge on any atom is 0.245 e. The van der Waals surface area contributed by atoms with E-state index in [1.54, 1.807) is 6.20 Å². The first-order chi connectivity index (χ1) is 11.0. The zero-order chi connectivity index (χ0) is 16.3. The summed E-state index contributed by atoms with van der Waals surface area (Å²) in [5, 5.41) is 11.0. The minimum absolute atomic E-state index is 0.0691. The summed E-state index contributed by atoms with van der Waals surface area (Å²) in [5.74, 6) is 1.38. The van der Waals surface area contributed by atoms with Crippen LogP contribution in [-0.4, -0.2) is 53.2 Å². The Morgan fingerprint density at radius 3 is 2.96 bits per heavy atom. The molecule has 23 heavy (non-hydrogen) atoms. The lowest BCUT2D eigenvalue weighted by atomic mass is 10.2. The lowest BCUT2D eigenvalue weighted by Crippen LogP contribution is -2.33. The molecule has 1 saturated heterocycles. The molecular formula is C14H18N6O2S. The summed E-state index contributed by atoms with van der Waals surface area (Å²) in [6, 6.07) is 5.60. The number of sulfone groups is 1. The van der Waals surface area contributed by atoms with Gasteiger partial charge in [-0.2, -0.15) is 10.1 Å². The Labute approximate surface area is 134 Å². The fraction of sp³-hybridized carbons (Fsp3) is 0.429. The Morgan fingerprint density at radius 2 is 2.26 bits per heavy atom. The molecular weight excluding hydrogens is 316 g/mol. The number of nitrogens with one attached hydrogen (secondary N) is 1. The first-order valence-corrected chi connectivity index (χ1v) is 9.12. The van der Waals surface area contributed by atoms with Crippen LogP contribution in [0.3, 0.4) is 0 Å². The van der Waals surface area contributed by atoms with E-state index in [-0.39, 0.29) is 17.5 Å². The smallest absolute Gasteiger partial charge is 0.245 e. The Kier molecular flexibility index (Phi) is 4.37. The summed E-state index contributed by atoms with van der Waals surface area (Å²) in [6.45, 7) is 0.494. The zero-order valence-electron chi connectivity index (χ0n) is 12.8. The second-order valence-corrected chi connectivity index (χ2v) is 7.71. The third kappa shape index (κ3) is 3.92. The molecule has 1 fully saturated rings. The van der Waals surface area contributed by atoms with E-state index >= 15 is 0 Å². The van der Waals surface area contributed by atoms with Gasteiger partial charge in [0.1, 0.15) is 0 Å². The predicted molar refractivity (Wildman–Crippen MR) is 86.9 cm³/mol. The predicted octanol–water partition coefficient (Wildman–Crippen LogP) is 0.502. The topological polar surface area (TPSA) is 101 Å². The van der Waals surface area contributed by atoms with Gasteiger partial charge in [0.2, 0.25) is 5.95 Å². The third-order valence-electron chi connectivity index (χ3n) is 3.82. The SMILES string of the molecule is CN(c1cnnc(NCc2ccccn2)n1)C1CCS(=O)(=O)C1. The van der Waals surface area contributed by atoms with Gasteiger partial charge in [-0.05, 0) is 18.6 Å². The lowest BCUT2D eigenvalue weighted by Gasteiger charge is -2.24. The summed E-state index contributed by atoms with van der Waals surface area (Å²) in [5.41, 5.74) is 0.872. The molecule has 3 heterocycles. The molecule has 0 aromatic carbocycles. The summed E-state index contributed by atoms with van der Waals surface area (Å²) >= 11 is 0. The van der Waals surface area contributed by atoms with Crippen molar-refractivity contribution in [3.8, 4) is 0 Å². The van der Waals surface area contributed by atoms with Gasteiger partial charge in [-0.1, -0.05) is 6.07 Å². The van der Waals surface area contributed by atoms with E-state index in [4.69, 9.17) is 0 Å². The highest BCUT2D eigenvalue weighted by Crippen LogP contribution is 2.21. The Bertz CT molecular complexity index is 768. The molecule has 0 saturated carbocycles. The van der Waals surface area contributed by atoms with Crippen molar-refractivity contribution in [2.75, 3.05) is 28.8 Å². The number of pyridine rings is 1. The molecule has 0 spiro atoms. The molecule has 1 atom stereocenters. The zero-order valence-corrected chi connectivity index (χ0v) is 13.6. The number of aromatic nitrogens is 4. The second kappa shape index (κ2) is 6.45. The van der Waals surface area contributed by atoms with E-state index in [1.807, 2.05) is 30.1 Å². The average molecular weight is 334 g/mol. The maximum absolute atomic E-state index is 11.6. The highest BCUT2D eigenvalue weighted by atomic mass is 32.2. The van der Waals surface area contributed by atoms with Crippen LogP contribution in [0.4, 0.5) is 11.8 Å². The molecule has 1 N–H and O–H groups in total. The van der Waals surface area contributed by atoms with Crippen molar-refractivity contribution in [2.45, 2.75) is 19.0 Å². The highest BCUT2D eigenvalue weighted by Gasteiger charge is 2.31. The number of hydrogen-bond donors (Lipinski definition) is 1. The number of hydrogen-bond acceptors (Lipinski definition) is 8. The minimum atomic E-state index is -2.93. The van der Waals surface area contributed by atoms with Gasteiger partial charge in [0.05, 0.1) is 29.9 Å². The third-order valence-corrected chi connectivity index (χ3v) is 5.57. The van der Waals surface area contributed by atoms with Crippen molar-refractivity contribution in [3.05, 3.63) is 36.3 Å². The molecule has 0 radical (unpaired) electrons. The van der Waals surface area contributed by atoms with Crippen LogP contribution in [0.15, 0.2) is 30.6 Å². The summed E-state index contributed by atoms with van der Waals surface area (Å²) < 4.78 is 23.2. The molecule has 3 rings (SSSR count). The standard InChI is InChI=1S/C14H18N6O2S/c1-20(12-5-7-23(21,22)10-12)13-9-17-19-14(18-13)16-8-11-4-2-3-6-15-11/h2-4,6,9,12H,5,7-8,10H2,1H3,(H,16,18,19). The van der Waals surface area contributed by atoms with Crippen molar-refractivity contribution in [1.29, 1.82) is 0 Å². The molecule has 0 bridgehead atoms. The maximum atomic E-state index is 11.6. The van der Waals surface area contributed by atoms with Gasteiger partial charge < -0.3 is 10.2 Å². The van der Waals surface area contributed by atoms with Gasteiger partial charge >= 0.3 is 0 Å². The Balaban J connectivity index is 1.67. The lowest BCUT2D eigenvalue weighted by molar-refractivity contribution is 0.600. The van der Waals surface area contributed by atoms with Gasteiger partial charge in [-0.3, -0.25) is 4.98 Å². The van der Waals surface area contributed by atoms with Gasteiger partial charge in [0, 0.05) is 19.3 Å². The normalized spacial score (nSPS) is 19.4. The molecule has 2 aromatic rings. The van der Waals surface area contributed by atoms with Crippen LogP contribution in [-0.2, 0) is 16.4 Å². The molecule has 9 heteroatoms.